The number of halogens is 3. The van der Waals surface area contributed by atoms with Crippen LogP contribution in [0.3, 0.4) is 0 Å². The molecule has 4 N–H and O–H groups in total. The van der Waals surface area contributed by atoms with Crippen molar-refractivity contribution in [3.05, 3.63) is 0 Å². The maximum Gasteiger partial charge on any atom is 0.522 e. The number of alkyl halides is 3. The van der Waals surface area contributed by atoms with Crippen LogP contribution >= 0.6 is 0 Å². The lowest BCUT2D eigenvalue weighted by Gasteiger charge is -2.55. The molecular formula is C16H23F3N2O6. The van der Waals surface area contributed by atoms with Gasteiger partial charge in [-0.2, -0.15) is 0 Å². The van der Waals surface area contributed by atoms with Crippen LogP contribution < -0.4 is 10.6 Å². The van der Waals surface area contributed by atoms with Crippen LogP contribution in [0, 0.1) is 0 Å². The van der Waals surface area contributed by atoms with E-state index in [1.807, 2.05) is 0 Å². The van der Waals surface area contributed by atoms with Gasteiger partial charge in [0, 0.05) is 18.4 Å². The fourth-order valence-electron chi connectivity index (χ4n) is 4.34. The Labute approximate surface area is 153 Å². The third kappa shape index (κ3) is 4.64. The second-order valence-electron chi connectivity index (χ2n) is 7.72. The molecule has 0 unspecified atom stereocenters. The van der Waals surface area contributed by atoms with Gasteiger partial charge in [0.25, 0.3) is 0 Å². The van der Waals surface area contributed by atoms with Gasteiger partial charge < -0.3 is 25.6 Å². The third-order valence-corrected chi connectivity index (χ3v) is 5.88. The first kappa shape index (κ1) is 20.2. The molecule has 4 saturated carbocycles. The zero-order valence-electron chi connectivity index (χ0n) is 14.6. The van der Waals surface area contributed by atoms with Crippen LogP contribution in [-0.4, -0.2) is 64.6 Å². The standard InChI is InChI=1S/C16H23F3N2O6/c17-16(18,19)27-10-5-9(6-10)26-8-12(23)20-14-1-3-15(4-2-14,11(22)7-14)21-13(24)25/h9-11,21-22H,1-8H2,(H,20,23)(H,24,25)/t9-,10+,11-,14?,15?/m0/s1. The van der Waals surface area contributed by atoms with Crippen molar-refractivity contribution in [2.24, 2.45) is 0 Å². The van der Waals surface area contributed by atoms with Gasteiger partial charge in [-0.3, -0.25) is 9.53 Å². The summed E-state index contributed by atoms with van der Waals surface area (Å²) >= 11 is 0. The number of rotatable bonds is 6. The second-order valence-corrected chi connectivity index (χ2v) is 7.72. The predicted molar refractivity (Wildman–Crippen MR) is 83.8 cm³/mol. The van der Waals surface area contributed by atoms with Crippen molar-refractivity contribution in [3.63, 3.8) is 0 Å². The van der Waals surface area contributed by atoms with Gasteiger partial charge in [-0.1, -0.05) is 0 Å². The normalized spacial score (nSPS) is 38.1. The second kappa shape index (κ2) is 7.10. The Kier molecular flexibility index (Phi) is 5.30. The van der Waals surface area contributed by atoms with Crippen LogP contribution in [0.1, 0.15) is 44.9 Å². The summed E-state index contributed by atoms with van der Waals surface area (Å²) in [7, 11) is 0. The molecule has 4 fully saturated rings. The van der Waals surface area contributed by atoms with Gasteiger partial charge >= 0.3 is 12.5 Å². The fraction of sp³-hybridized carbons (Fsp3) is 0.875. The molecule has 2 bridgehead atoms. The summed E-state index contributed by atoms with van der Waals surface area (Å²) in [6, 6.07) is 0. The van der Waals surface area contributed by atoms with Crippen molar-refractivity contribution in [3.8, 4) is 0 Å². The number of carbonyl (C=O) groups is 2. The van der Waals surface area contributed by atoms with E-state index in [0.29, 0.717) is 25.7 Å². The summed E-state index contributed by atoms with van der Waals surface area (Å²) in [5.41, 5.74) is -1.47. The first-order valence-electron chi connectivity index (χ1n) is 8.87. The van der Waals surface area contributed by atoms with Gasteiger partial charge in [0.15, 0.2) is 0 Å². The Morgan fingerprint density at radius 2 is 1.70 bits per heavy atom. The molecule has 0 saturated heterocycles. The van der Waals surface area contributed by atoms with E-state index in [1.165, 1.54) is 0 Å². The molecule has 11 heteroatoms. The van der Waals surface area contributed by atoms with Crippen molar-refractivity contribution in [1.82, 2.24) is 10.6 Å². The summed E-state index contributed by atoms with van der Waals surface area (Å²) in [4.78, 5) is 23.1. The number of aliphatic hydroxyl groups is 1. The number of fused-ring (bicyclic) bond motifs is 3. The molecule has 0 heterocycles. The number of hydrogen-bond donors (Lipinski definition) is 4. The van der Waals surface area contributed by atoms with Crippen molar-refractivity contribution in [1.29, 1.82) is 0 Å². The minimum Gasteiger partial charge on any atom is -0.465 e. The van der Waals surface area contributed by atoms with Gasteiger partial charge in [-0.25, -0.2) is 4.79 Å². The Bertz CT molecular complexity index is 585. The van der Waals surface area contributed by atoms with Crippen LogP contribution in [0.5, 0.6) is 0 Å². The fourth-order valence-corrected chi connectivity index (χ4v) is 4.34. The topological polar surface area (TPSA) is 117 Å². The molecule has 0 spiro atoms. The summed E-state index contributed by atoms with van der Waals surface area (Å²) in [6.07, 6.45) is -5.83. The highest BCUT2D eigenvalue weighted by Crippen LogP contribution is 2.47. The van der Waals surface area contributed by atoms with Gasteiger partial charge in [-0.15, -0.1) is 13.2 Å². The quantitative estimate of drug-likeness (QED) is 0.537. The lowest BCUT2D eigenvalue weighted by atomic mass is 9.60. The zero-order valence-corrected chi connectivity index (χ0v) is 14.6. The molecule has 0 aromatic carbocycles. The molecule has 4 rings (SSSR count). The van der Waals surface area contributed by atoms with Crippen molar-refractivity contribution in [2.45, 2.75) is 80.7 Å². The predicted octanol–water partition coefficient (Wildman–Crippen LogP) is 1.27. The average molecular weight is 396 g/mol. The highest BCUT2D eigenvalue weighted by molar-refractivity contribution is 5.78. The lowest BCUT2D eigenvalue weighted by Crippen LogP contribution is -2.70. The van der Waals surface area contributed by atoms with Gasteiger partial charge in [0.05, 0.1) is 23.9 Å². The zero-order chi connectivity index (χ0) is 19.9. The number of amides is 2. The van der Waals surface area contributed by atoms with E-state index in [1.54, 1.807) is 0 Å². The summed E-state index contributed by atoms with van der Waals surface area (Å²) in [5.74, 6) is -0.400. The molecule has 0 aromatic rings. The van der Waals surface area contributed by atoms with Crippen LogP contribution in [0.25, 0.3) is 0 Å². The Hall–Kier alpha value is -1.59. The molecule has 4 aliphatic rings. The summed E-state index contributed by atoms with van der Waals surface area (Å²) < 4.78 is 45.4. The number of ether oxygens (including phenoxy) is 2. The van der Waals surface area contributed by atoms with Crippen molar-refractivity contribution >= 4 is 12.0 Å². The Morgan fingerprint density at radius 1 is 1.07 bits per heavy atom. The molecule has 0 aromatic heterocycles. The average Bonchev–Trinajstić information content (AvgIpc) is 2.49. The van der Waals surface area contributed by atoms with E-state index in [0.717, 1.165) is 0 Å². The van der Waals surface area contributed by atoms with Crippen molar-refractivity contribution in [2.75, 3.05) is 6.61 Å². The number of nitrogens with one attached hydrogen (secondary N) is 2. The van der Waals surface area contributed by atoms with Gasteiger partial charge in [-0.05, 0) is 32.1 Å². The minimum absolute atomic E-state index is 0.0834. The first-order valence-corrected chi connectivity index (χ1v) is 8.87. The number of hydrogen-bond acceptors (Lipinski definition) is 5. The lowest BCUT2D eigenvalue weighted by molar-refractivity contribution is -0.357. The van der Waals surface area contributed by atoms with Gasteiger partial charge in [0.2, 0.25) is 5.91 Å². The molecule has 27 heavy (non-hydrogen) atoms. The maximum atomic E-state index is 12.2. The molecule has 0 radical (unpaired) electrons. The molecule has 8 nitrogen and oxygen atoms in total. The van der Waals surface area contributed by atoms with E-state index < -0.39 is 47.8 Å². The van der Waals surface area contributed by atoms with Gasteiger partial charge in [0.1, 0.15) is 6.61 Å². The first-order chi connectivity index (χ1) is 12.5. The SMILES string of the molecule is O=C(O)NC12CCC(NC(=O)CO[C@H]3C[C@@H](OC(F)(F)F)C3)(CC1)C[C@@H]2O. The number of carbonyl (C=O) groups excluding carboxylic acids is 1. The number of carboxylic acid groups (broad SMARTS) is 1. The van der Waals surface area contributed by atoms with E-state index >= 15 is 0 Å². The van der Waals surface area contributed by atoms with E-state index in [4.69, 9.17) is 9.84 Å². The number of aliphatic hydroxyl groups excluding tert-OH is 1. The molecule has 4 aliphatic carbocycles. The minimum atomic E-state index is -4.67. The van der Waals surface area contributed by atoms with E-state index in [2.05, 4.69) is 15.4 Å². The summed E-state index contributed by atoms with van der Waals surface area (Å²) in [5, 5.41) is 24.6. The Balaban J connectivity index is 1.42. The van der Waals surface area contributed by atoms with Crippen LogP contribution in [0.15, 0.2) is 0 Å². The molecule has 2 amide bonds. The van der Waals surface area contributed by atoms with E-state index in [-0.39, 0.29) is 25.9 Å². The Morgan fingerprint density at radius 3 is 2.22 bits per heavy atom. The molecule has 0 aliphatic heterocycles. The smallest absolute Gasteiger partial charge is 0.465 e. The van der Waals surface area contributed by atoms with Crippen LogP contribution in [-0.2, 0) is 14.3 Å². The van der Waals surface area contributed by atoms with E-state index in [9.17, 15) is 27.9 Å². The highest BCUT2D eigenvalue weighted by Gasteiger charge is 2.55. The molecule has 154 valence electrons. The highest BCUT2D eigenvalue weighted by atomic mass is 19.4. The van der Waals surface area contributed by atoms with Crippen LogP contribution in [0.4, 0.5) is 18.0 Å². The van der Waals surface area contributed by atoms with Crippen molar-refractivity contribution < 1.29 is 42.4 Å². The van der Waals surface area contributed by atoms with Crippen LogP contribution in [0.2, 0.25) is 0 Å². The molecule has 1 atom stereocenters. The maximum absolute atomic E-state index is 12.2. The monoisotopic (exact) mass is 396 g/mol. The molecular weight excluding hydrogens is 373 g/mol. The largest absolute Gasteiger partial charge is 0.522 e. The third-order valence-electron chi connectivity index (χ3n) is 5.88. The summed E-state index contributed by atoms with van der Waals surface area (Å²) in [6.45, 7) is -0.278.